The third-order valence-corrected chi connectivity index (χ3v) is 4.96. The Morgan fingerprint density at radius 1 is 1.10 bits per heavy atom. The SMILES string of the molecule is Cc1cccc(NC(=O)/C(C#N)=C\c2cccc(OCc3ccc(Cl)cc3)c2)c1C. The van der Waals surface area contributed by atoms with E-state index in [1.54, 1.807) is 12.1 Å². The average Bonchev–Trinajstić information content (AvgIpc) is 2.75. The van der Waals surface area contributed by atoms with Crippen LogP contribution in [0.1, 0.15) is 22.3 Å². The molecule has 0 spiro atoms. The first kappa shape index (κ1) is 21.2. The molecule has 0 radical (unpaired) electrons. The number of carbonyl (C=O) groups excluding carboxylic acids is 1. The largest absolute Gasteiger partial charge is 0.489 e. The molecule has 0 saturated heterocycles. The van der Waals surface area contributed by atoms with Crippen molar-refractivity contribution in [2.75, 3.05) is 5.32 Å². The molecule has 0 atom stereocenters. The number of anilines is 1. The Hall–Kier alpha value is -3.55. The van der Waals surface area contributed by atoms with Crippen LogP contribution in [0.2, 0.25) is 5.02 Å². The summed E-state index contributed by atoms with van der Waals surface area (Å²) in [5, 5.41) is 13.0. The molecule has 0 saturated carbocycles. The fourth-order valence-electron chi connectivity index (χ4n) is 2.83. The maximum Gasteiger partial charge on any atom is 0.266 e. The van der Waals surface area contributed by atoms with Crippen LogP contribution in [0, 0.1) is 25.2 Å². The van der Waals surface area contributed by atoms with E-state index in [0.29, 0.717) is 28.6 Å². The molecule has 0 bridgehead atoms. The molecule has 3 aromatic rings. The highest BCUT2D eigenvalue weighted by atomic mass is 35.5. The van der Waals surface area contributed by atoms with E-state index in [9.17, 15) is 10.1 Å². The molecule has 0 aromatic heterocycles. The molecule has 3 rings (SSSR count). The number of benzene rings is 3. The van der Waals surface area contributed by atoms with Gasteiger partial charge in [0.15, 0.2) is 0 Å². The summed E-state index contributed by atoms with van der Waals surface area (Å²) in [6, 6.07) is 22.3. The Labute approximate surface area is 181 Å². The van der Waals surface area contributed by atoms with Crippen LogP contribution in [0.3, 0.4) is 0 Å². The molecule has 5 heteroatoms. The molecule has 0 heterocycles. The Balaban J connectivity index is 1.73. The lowest BCUT2D eigenvalue weighted by atomic mass is 10.1. The predicted octanol–water partition coefficient (Wildman–Crippen LogP) is 6.08. The maximum atomic E-state index is 12.6. The van der Waals surface area contributed by atoms with Gasteiger partial charge in [-0.05, 0) is 72.5 Å². The molecule has 0 aliphatic carbocycles. The van der Waals surface area contributed by atoms with Gasteiger partial charge >= 0.3 is 0 Å². The van der Waals surface area contributed by atoms with E-state index in [-0.39, 0.29) is 5.57 Å². The summed E-state index contributed by atoms with van der Waals surface area (Å²) in [4.78, 5) is 12.6. The zero-order valence-corrected chi connectivity index (χ0v) is 17.5. The number of hydrogen-bond donors (Lipinski definition) is 1. The molecule has 4 nitrogen and oxygen atoms in total. The summed E-state index contributed by atoms with van der Waals surface area (Å²) in [7, 11) is 0. The summed E-state index contributed by atoms with van der Waals surface area (Å²) in [5.74, 6) is 0.199. The number of nitrogens with one attached hydrogen (secondary N) is 1. The molecule has 30 heavy (non-hydrogen) atoms. The minimum absolute atomic E-state index is 0.0192. The number of hydrogen-bond acceptors (Lipinski definition) is 3. The first-order valence-electron chi connectivity index (χ1n) is 9.43. The highest BCUT2D eigenvalue weighted by molar-refractivity contribution is 6.30. The van der Waals surface area contributed by atoms with Gasteiger partial charge in [0.05, 0.1) is 0 Å². The third kappa shape index (κ3) is 5.50. The molecule has 150 valence electrons. The number of aryl methyl sites for hydroxylation is 1. The standard InChI is InChI=1S/C25H21ClN2O2/c1-17-5-3-8-24(18(17)2)28-25(29)21(15-27)13-20-6-4-7-23(14-20)30-16-19-9-11-22(26)12-10-19/h3-14H,16H2,1-2H3,(H,28,29)/b21-13-. The van der Waals surface area contributed by atoms with E-state index in [1.807, 2.05) is 80.6 Å². The van der Waals surface area contributed by atoms with Crippen LogP contribution >= 0.6 is 11.6 Å². The lowest BCUT2D eigenvalue weighted by Crippen LogP contribution is -2.14. The second kappa shape index (κ2) is 9.78. The second-order valence-electron chi connectivity index (χ2n) is 6.86. The number of halogens is 1. The third-order valence-electron chi connectivity index (χ3n) is 4.71. The minimum Gasteiger partial charge on any atom is -0.489 e. The number of carbonyl (C=O) groups is 1. The lowest BCUT2D eigenvalue weighted by Gasteiger charge is -2.10. The van der Waals surface area contributed by atoms with Gasteiger partial charge < -0.3 is 10.1 Å². The van der Waals surface area contributed by atoms with E-state index in [4.69, 9.17) is 16.3 Å². The highest BCUT2D eigenvalue weighted by Crippen LogP contribution is 2.21. The molecular weight excluding hydrogens is 396 g/mol. The van der Waals surface area contributed by atoms with Crippen LogP contribution < -0.4 is 10.1 Å². The number of rotatable bonds is 6. The summed E-state index contributed by atoms with van der Waals surface area (Å²) in [6.45, 7) is 4.30. The zero-order chi connectivity index (χ0) is 21.5. The predicted molar refractivity (Wildman–Crippen MR) is 120 cm³/mol. The van der Waals surface area contributed by atoms with Crippen molar-refractivity contribution >= 4 is 29.3 Å². The van der Waals surface area contributed by atoms with Gasteiger partial charge in [-0.2, -0.15) is 5.26 Å². The van der Waals surface area contributed by atoms with Crippen LogP contribution in [-0.2, 0) is 11.4 Å². The van der Waals surface area contributed by atoms with Gasteiger partial charge in [-0.3, -0.25) is 4.79 Å². The Bertz CT molecular complexity index is 1130. The van der Waals surface area contributed by atoms with Crippen molar-refractivity contribution in [1.29, 1.82) is 5.26 Å². The van der Waals surface area contributed by atoms with Crippen molar-refractivity contribution in [3.05, 3.63) is 99.6 Å². The zero-order valence-electron chi connectivity index (χ0n) is 16.8. The van der Waals surface area contributed by atoms with Crippen LogP contribution in [0.5, 0.6) is 5.75 Å². The Morgan fingerprint density at radius 2 is 1.83 bits per heavy atom. The molecule has 0 aliphatic rings. The molecular formula is C25H21ClN2O2. The fourth-order valence-corrected chi connectivity index (χ4v) is 2.96. The van der Waals surface area contributed by atoms with E-state index in [0.717, 1.165) is 16.7 Å². The summed E-state index contributed by atoms with van der Waals surface area (Å²) in [5.41, 5.74) is 4.45. The summed E-state index contributed by atoms with van der Waals surface area (Å²) < 4.78 is 5.82. The van der Waals surface area contributed by atoms with Gasteiger partial charge in [0.1, 0.15) is 24.0 Å². The van der Waals surface area contributed by atoms with Gasteiger partial charge in [-0.25, -0.2) is 0 Å². The van der Waals surface area contributed by atoms with Gasteiger partial charge in [-0.15, -0.1) is 0 Å². The minimum atomic E-state index is -0.446. The Morgan fingerprint density at radius 3 is 2.57 bits per heavy atom. The quantitative estimate of drug-likeness (QED) is 0.391. The first-order chi connectivity index (χ1) is 14.5. The van der Waals surface area contributed by atoms with Crippen molar-refractivity contribution in [2.24, 2.45) is 0 Å². The van der Waals surface area contributed by atoms with E-state index in [2.05, 4.69) is 5.32 Å². The van der Waals surface area contributed by atoms with Crippen molar-refractivity contribution in [3.8, 4) is 11.8 Å². The summed E-state index contributed by atoms with van der Waals surface area (Å²) >= 11 is 5.90. The van der Waals surface area contributed by atoms with Crippen LogP contribution in [0.15, 0.2) is 72.3 Å². The summed E-state index contributed by atoms with van der Waals surface area (Å²) in [6.07, 6.45) is 1.55. The molecule has 0 unspecified atom stereocenters. The molecule has 0 fully saturated rings. The molecule has 3 aromatic carbocycles. The normalized spacial score (nSPS) is 10.9. The van der Waals surface area contributed by atoms with Crippen LogP contribution in [-0.4, -0.2) is 5.91 Å². The molecule has 1 amide bonds. The van der Waals surface area contributed by atoms with Gasteiger partial charge in [0.2, 0.25) is 0 Å². The van der Waals surface area contributed by atoms with E-state index < -0.39 is 5.91 Å². The van der Waals surface area contributed by atoms with Crippen molar-refractivity contribution in [3.63, 3.8) is 0 Å². The molecule has 0 aliphatic heterocycles. The second-order valence-corrected chi connectivity index (χ2v) is 7.30. The smallest absolute Gasteiger partial charge is 0.266 e. The highest BCUT2D eigenvalue weighted by Gasteiger charge is 2.11. The Kier molecular flexibility index (Phi) is 6.90. The first-order valence-corrected chi connectivity index (χ1v) is 9.81. The van der Waals surface area contributed by atoms with Gasteiger partial charge in [-0.1, -0.05) is 48.0 Å². The van der Waals surface area contributed by atoms with Crippen LogP contribution in [0.4, 0.5) is 5.69 Å². The topological polar surface area (TPSA) is 62.1 Å². The monoisotopic (exact) mass is 416 g/mol. The number of nitrogens with zero attached hydrogens (tertiary/aromatic N) is 1. The average molecular weight is 417 g/mol. The van der Waals surface area contributed by atoms with Gasteiger partial charge in [0, 0.05) is 10.7 Å². The fraction of sp³-hybridized carbons (Fsp3) is 0.120. The lowest BCUT2D eigenvalue weighted by molar-refractivity contribution is -0.112. The van der Waals surface area contributed by atoms with E-state index >= 15 is 0 Å². The number of amides is 1. The number of nitriles is 1. The van der Waals surface area contributed by atoms with Crippen LogP contribution in [0.25, 0.3) is 6.08 Å². The van der Waals surface area contributed by atoms with Crippen molar-refractivity contribution in [1.82, 2.24) is 0 Å². The maximum absolute atomic E-state index is 12.6. The number of ether oxygens (including phenoxy) is 1. The van der Waals surface area contributed by atoms with E-state index in [1.165, 1.54) is 0 Å². The molecule has 1 N–H and O–H groups in total. The van der Waals surface area contributed by atoms with Gasteiger partial charge in [0.25, 0.3) is 5.91 Å². The van der Waals surface area contributed by atoms with Crippen molar-refractivity contribution in [2.45, 2.75) is 20.5 Å². The van der Waals surface area contributed by atoms with Crippen molar-refractivity contribution < 1.29 is 9.53 Å².